The number of halogens is 1. The first kappa shape index (κ1) is 12.8. The van der Waals surface area contributed by atoms with Crippen molar-refractivity contribution in [2.45, 2.75) is 19.4 Å². The molecule has 0 bridgehead atoms. The van der Waals surface area contributed by atoms with E-state index in [1.807, 2.05) is 29.2 Å². The zero-order valence-electron chi connectivity index (χ0n) is 9.86. The molecule has 1 saturated heterocycles. The van der Waals surface area contributed by atoms with E-state index in [2.05, 4.69) is 29.5 Å². The van der Waals surface area contributed by atoms with Crippen LogP contribution in [-0.4, -0.2) is 36.6 Å². The molecule has 1 heterocycles. The minimum absolute atomic E-state index is 0.116. The van der Waals surface area contributed by atoms with Crippen LogP contribution in [0.3, 0.4) is 0 Å². The first-order chi connectivity index (χ1) is 8.20. The van der Waals surface area contributed by atoms with Gasteiger partial charge < -0.3 is 9.64 Å². The van der Waals surface area contributed by atoms with Crippen LogP contribution in [0.5, 0.6) is 0 Å². The quantitative estimate of drug-likeness (QED) is 0.771. The van der Waals surface area contributed by atoms with Crippen molar-refractivity contribution in [1.82, 2.24) is 4.90 Å². The van der Waals surface area contributed by atoms with Gasteiger partial charge in [-0.3, -0.25) is 4.79 Å². The molecule has 0 saturated carbocycles. The molecule has 2 rings (SSSR count). The van der Waals surface area contributed by atoms with E-state index in [1.54, 1.807) is 0 Å². The summed E-state index contributed by atoms with van der Waals surface area (Å²) in [6.45, 7) is 4.14. The first-order valence-electron chi connectivity index (χ1n) is 5.87. The number of carbonyl (C=O) groups excluding carboxylic acids is 1. The van der Waals surface area contributed by atoms with Crippen LogP contribution in [0.2, 0.25) is 0 Å². The molecule has 1 fully saturated rings. The van der Waals surface area contributed by atoms with Crippen LogP contribution in [0.4, 0.5) is 0 Å². The number of carbonyl (C=O) groups is 1. The fraction of sp³-hybridized carbons (Fsp3) is 0.462. The van der Waals surface area contributed by atoms with Crippen molar-refractivity contribution < 1.29 is 9.53 Å². The highest BCUT2D eigenvalue weighted by Gasteiger charge is 2.23. The van der Waals surface area contributed by atoms with Crippen molar-refractivity contribution in [3.8, 4) is 0 Å². The Bertz CT molecular complexity index is 408. The molecule has 1 aliphatic rings. The molecule has 1 atom stereocenters. The van der Waals surface area contributed by atoms with Crippen LogP contribution >= 0.6 is 22.6 Å². The minimum atomic E-state index is 0.116. The Balaban J connectivity index is 2.09. The summed E-state index contributed by atoms with van der Waals surface area (Å²) in [4.78, 5) is 14.2. The summed E-state index contributed by atoms with van der Waals surface area (Å²) in [6, 6.07) is 7.72. The highest BCUT2D eigenvalue weighted by Crippen LogP contribution is 2.14. The van der Waals surface area contributed by atoms with E-state index < -0.39 is 0 Å². The average Bonchev–Trinajstić information content (AvgIpc) is 2.38. The SMILES string of the molecule is CCC1CN(C(=O)c2cccc(I)c2)CCO1. The molecule has 1 aliphatic heterocycles. The largest absolute Gasteiger partial charge is 0.375 e. The summed E-state index contributed by atoms with van der Waals surface area (Å²) in [5, 5.41) is 0. The molecule has 0 N–H and O–H groups in total. The average molecular weight is 345 g/mol. The zero-order valence-corrected chi connectivity index (χ0v) is 12.0. The van der Waals surface area contributed by atoms with Gasteiger partial charge in [-0.05, 0) is 47.2 Å². The van der Waals surface area contributed by atoms with Crippen molar-refractivity contribution in [3.63, 3.8) is 0 Å². The minimum Gasteiger partial charge on any atom is -0.375 e. The van der Waals surface area contributed by atoms with Crippen molar-refractivity contribution >= 4 is 28.5 Å². The lowest BCUT2D eigenvalue weighted by atomic mass is 10.1. The second-order valence-electron chi connectivity index (χ2n) is 4.16. The number of hydrogen-bond acceptors (Lipinski definition) is 2. The lowest BCUT2D eigenvalue weighted by Crippen LogP contribution is -2.45. The monoisotopic (exact) mass is 345 g/mol. The lowest BCUT2D eigenvalue weighted by Gasteiger charge is -2.32. The van der Waals surface area contributed by atoms with Gasteiger partial charge in [-0.15, -0.1) is 0 Å². The molecule has 17 heavy (non-hydrogen) atoms. The van der Waals surface area contributed by atoms with Gasteiger partial charge >= 0.3 is 0 Å². The molecule has 0 aliphatic carbocycles. The molecule has 0 radical (unpaired) electrons. The zero-order chi connectivity index (χ0) is 12.3. The van der Waals surface area contributed by atoms with Crippen molar-refractivity contribution in [2.75, 3.05) is 19.7 Å². The number of benzene rings is 1. The second kappa shape index (κ2) is 5.82. The molecular formula is C13H16INO2. The summed E-state index contributed by atoms with van der Waals surface area (Å²) in [5.74, 6) is 0.116. The number of amides is 1. The van der Waals surface area contributed by atoms with Crippen LogP contribution in [0.1, 0.15) is 23.7 Å². The number of nitrogens with zero attached hydrogens (tertiary/aromatic N) is 1. The van der Waals surface area contributed by atoms with Crippen molar-refractivity contribution in [2.24, 2.45) is 0 Å². The van der Waals surface area contributed by atoms with E-state index in [0.717, 1.165) is 15.6 Å². The van der Waals surface area contributed by atoms with Gasteiger partial charge in [-0.25, -0.2) is 0 Å². The third-order valence-electron chi connectivity index (χ3n) is 2.95. The Morgan fingerprint density at radius 1 is 1.59 bits per heavy atom. The number of ether oxygens (including phenoxy) is 1. The Morgan fingerprint density at radius 2 is 2.41 bits per heavy atom. The molecule has 4 heteroatoms. The van der Waals surface area contributed by atoms with Gasteiger partial charge in [0.2, 0.25) is 0 Å². The maximum Gasteiger partial charge on any atom is 0.254 e. The van der Waals surface area contributed by atoms with E-state index in [1.165, 1.54) is 0 Å². The van der Waals surface area contributed by atoms with Crippen LogP contribution < -0.4 is 0 Å². The van der Waals surface area contributed by atoms with Gasteiger partial charge in [0, 0.05) is 22.2 Å². The third-order valence-corrected chi connectivity index (χ3v) is 3.62. The van der Waals surface area contributed by atoms with Crippen LogP contribution in [0, 0.1) is 3.57 Å². The van der Waals surface area contributed by atoms with Gasteiger partial charge in [0.15, 0.2) is 0 Å². The second-order valence-corrected chi connectivity index (χ2v) is 5.41. The predicted octanol–water partition coefficient (Wildman–Crippen LogP) is 2.54. The molecule has 1 unspecified atom stereocenters. The Labute approximate surface area is 115 Å². The van der Waals surface area contributed by atoms with Crippen LogP contribution in [-0.2, 0) is 4.74 Å². The molecule has 1 amide bonds. The molecular weight excluding hydrogens is 329 g/mol. The maximum absolute atomic E-state index is 12.3. The van der Waals surface area contributed by atoms with Gasteiger partial charge in [0.05, 0.1) is 12.7 Å². The molecule has 1 aromatic rings. The Hall–Kier alpha value is -0.620. The van der Waals surface area contributed by atoms with E-state index in [9.17, 15) is 4.79 Å². The lowest BCUT2D eigenvalue weighted by molar-refractivity contribution is -0.0226. The summed E-state index contributed by atoms with van der Waals surface area (Å²) in [5.41, 5.74) is 0.772. The molecule has 3 nitrogen and oxygen atoms in total. The Kier molecular flexibility index (Phi) is 4.39. The topological polar surface area (TPSA) is 29.5 Å². The number of hydrogen-bond donors (Lipinski definition) is 0. The standard InChI is InChI=1S/C13H16INO2/c1-2-12-9-15(6-7-17-12)13(16)10-4-3-5-11(14)8-10/h3-5,8,12H,2,6-7,9H2,1H3. The normalized spacial score (nSPS) is 20.4. The van der Waals surface area contributed by atoms with Gasteiger partial charge in [0.1, 0.15) is 0 Å². The van der Waals surface area contributed by atoms with Crippen molar-refractivity contribution in [1.29, 1.82) is 0 Å². The highest BCUT2D eigenvalue weighted by molar-refractivity contribution is 14.1. The third kappa shape index (κ3) is 3.19. The van der Waals surface area contributed by atoms with Gasteiger partial charge in [0.25, 0.3) is 5.91 Å². The fourth-order valence-electron chi connectivity index (χ4n) is 1.95. The summed E-state index contributed by atoms with van der Waals surface area (Å²) in [6.07, 6.45) is 1.14. The van der Waals surface area contributed by atoms with Crippen LogP contribution in [0.25, 0.3) is 0 Å². The van der Waals surface area contributed by atoms with E-state index in [0.29, 0.717) is 19.7 Å². The summed E-state index contributed by atoms with van der Waals surface area (Å²) < 4.78 is 6.66. The molecule has 0 spiro atoms. The molecule has 92 valence electrons. The van der Waals surface area contributed by atoms with Crippen LogP contribution in [0.15, 0.2) is 24.3 Å². The molecule has 1 aromatic carbocycles. The molecule has 0 aromatic heterocycles. The number of rotatable bonds is 2. The highest BCUT2D eigenvalue weighted by atomic mass is 127. The summed E-state index contributed by atoms with van der Waals surface area (Å²) >= 11 is 2.23. The Morgan fingerprint density at radius 3 is 3.12 bits per heavy atom. The van der Waals surface area contributed by atoms with Gasteiger partial charge in [-0.2, -0.15) is 0 Å². The number of morpholine rings is 1. The van der Waals surface area contributed by atoms with Crippen molar-refractivity contribution in [3.05, 3.63) is 33.4 Å². The maximum atomic E-state index is 12.3. The fourth-order valence-corrected chi connectivity index (χ4v) is 2.50. The van der Waals surface area contributed by atoms with E-state index in [4.69, 9.17) is 4.74 Å². The summed E-state index contributed by atoms with van der Waals surface area (Å²) in [7, 11) is 0. The predicted molar refractivity (Wildman–Crippen MR) is 75.1 cm³/mol. The smallest absolute Gasteiger partial charge is 0.254 e. The van der Waals surface area contributed by atoms with E-state index in [-0.39, 0.29) is 12.0 Å². The van der Waals surface area contributed by atoms with Gasteiger partial charge in [-0.1, -0.05) is 13.0 Å². The first-order valence-corrected chi connectivity index (χ1v) is 6.95. The van der Waals surface area contributed by atoms with E-state index >= 15 is 0 Å².